The predicted molar refractivity (Wildman–Crippen MR) is 105 cm³/mol. The normalized spacial score (nSPS) is 17.6. The van der Waals surface area contributed by atoms with Gasteiger partial charge in [-0.2, -0.15) is 4.98 Å². The molecule has 4 rings (SSSR count). The smallest absolute Gasteiger partial charge is 0.332 e. The number of imidazole rings is 1. The second-order valence-electron chi connectivity index (χ2n) is 7.21. The van der Waals surface area contributed by atoms with Crippen LogP contribution in [0.3, 0.4) is 0 Å². The van der Waals surface area contributed by atoms with Crippen molar-refractivity contribution < 1.29 is 0 Å². The van der Waals surface area contributed by atoms with Crippen LogP contribution in [0.25, 0.3) is 11.2 Å². The van der Waals surface area contributed by atoms with Crippen molar-refractivity contribution in [2.45, 2.75) is 25.4 Å². The molecule has 1 saturated heterocycles. The molecule has 27 heavy (non-hydrogen) atoms. The molecule has 142 valence electrons. The Bertz CT molecular complexity index is 1100. The van der Waals surface area contributed by atoms with Crippen LogP contribution < -0.4 is 21.9 Å². The van der Waals surface area contributed by atoms with E-state index in [1.165, 1.54) is 11.6 Å². The minimum absolute atomic E-state index is 0.0791. The first-order valence-electron chi connectivity index (χ1n) is 9.18. The van der Waals surface area contributed by atoms with Crippen LogP contribution >= 0.6 is 0 Å². The van der Waals surface area contributed by atoms with Crippen molar-refractivity contribution in [2.24, 2.45) is 19.8 Å². The number of nitrogens with two attached hydrogens (primary N) is 1. The molecule has 0 saturated carbocycles. The minimum Gasteiger partial charge on any atom is -0.341 e. The van der Waals surface area contributed by atoms with E-state index < -0.39 is 0 Å². The number of aromatic nitrogens is 4. The number of hydrogen-bond acceptors (Lipinski definition) is 5. The van der Waals surface area contributed by atoms with Crippen LogP contribution in [0.4, 0.5) is 5.95 Å². The lowest BCUT2D eigenvalue weighted by Crippen LogP contribution is -2.44. The molecule has 0 bridgehead atoms. The largest absolute Gasteiger partial charge is 0.341 e. The molecular formula is C19H24N6O2. The van der Waals surface area contributed by atoms with E-state index in [0.717, 1.165) is 29.5 Å². The van der Waals surface area contributed by atoms with Gasteiger partial charge in [0.2, 0.25) is 5.95 Å². The third-order valence-electron chi connectivity index (χ3n) is 5.25. The molecular weight excluding hydrogens is 344 g/mol. The van der Waals surface area contributed by atoms with Crippen LogP contribution in [0.1, 0.15) is 18.4 Å². The van der Waals surface area contributed by atoms with Gasteiger partial charge in [-0.3, -0.25) is 18.5 Å². The topological polar surface area (TPSA) is 91.1 Å². The molecule has 0 amide bonds. The molecule has 1 aliphatic rings. The summed E-state index contributed by atoms with van der Waals surface area (Å²) in [4.78, 5) is 32.1. The second kappa shape index (κ2) is 6.70. The fraction of sp³-hybridized carbons (Fsp3) is 0.421. The van der Waals surface area contributed by atoms with Crippen LogP contribution in [0.2, 0.25) is 0 Å². The standard InChI is InChI=1S/C19H24N6O2/c1-22-16-15(17(26)23(2)19(22)27)25(11-13-7-4-3-5-8-13)18(21-16)24-10-6-9-14(20)12-24/h3-5,7-8,14H,6,9-12,20H2,1-2H3. The maximum atomic E-state index is 12.9. The van der Waals surface area contributed by atoms with Crippen LogP contribution in [-0.4, -0.2) is 37.8 Å². The van der Waals surface area contributed by atoms with E-state index >= 15 is 0 Å². The number of aryl methyl sites for hydroxylation is 1. The van der Waals surface area contributed by atoms with Gasteiger partial charge in [-0.25, -0.2) is 4.79 Å². The molecule has 8 nitrogen and oxygen atoms in total. The monoisotopic (exact) mass is 368 g/mol. The van der Waals surface area contributed by atoms with Gasteiger partial charge in [-0.05, 0) is 18.4 Å². The van der Waals surface area contributed by atoms with Crippen molar-refractivity contribution in [3.05, 3.63) is 56.7 Å². The van der Waals surface area contributed by atoms with Gasteiger partial charge in [0, 0.05) is 33.2 Å². The van der Waals surface area contributed by atoms with Gasteiger partial charge in [0.15, 0.2) is 11.2 Å². The molecule has 1 atom stereocenters. The van der Waals surface area contributed by atoms with Gasteiger partial charge < -0.3 is 10.6 Å². The third kappa shape index (κ3) is 2.95. The zero-order valence-corrected chi connectivity index (χ0v) is 15.6. The maximum absolute atomic E-state index is 12.9. The number of rotatable bonds is 3. The summed E-state index contributed by atoms with van der Waals surface area (Å²) in [6.45, 7) is 2.03. The summed E-state index contributed by atoms with van der Waals surface area (Å²) in [7, 11) is 3.15. The highest BCUT2D eigenvalue weighted by Crippen LogP contribution is 2.24. The molecule has 1 aliphatic heterocycles. The molecule has 0 aliphatic carbocycles. The van der Waals surface area contributed by atoms with E-state index in [4.69, 9.17) is 10.7 Å². The molecule has 0 radical (unpaired) electrons. The molecule has 0 spiro atoms. The third-order valence-corrected chi connectivity index (χ3v) is 5.25. The molecule has 1 unspecified atom stereocenters. The molecule has 1 aromatic carbocycles. The Morgan fingerprint density at radius 1 is 1.15 bits per heavy atom. The molecule has 1 fully saturated rings. The molecule has 3 aromatic rings. The van der Waals surface area contributed by atoms with Gasteiger partial charge in [-0.15, -0.1) is 0 Å². The average molecular weight is 368 g/mol. The molecule has 2 N–H and O–H groups in total. The quantitative estimate of drug-likeness (QED) is 0.723. The van der Waals surface area contributed by atoms with Crippen LogP contribution in [0.5, 0.6) is 0 Å². The number of nitrogens with zero attached hydrogens (tertiary/aromatic N) is 5. The number of hydrogen-bond donors (Lipinski definition) is 1. The maximum Gasteiger partial charge on any atom is 0.332 e. The van der Waals surface area contributed by atoms with E-state index in [1.54, 1.807) is 7.05 Å². The highest BCUT2D eigenvalue weighted by molar-refractivity contribution is 5.74. The first-order valence-corrected chi connectivity index (χ1v) is 9.18. The zero-order valence-electron chi connectivity index (χ0n) is 15.6. The van der Waals surface area contributed by atoms with E-state index in [1.807, 2.05) is 34.9 Å². The lowest BCUT2D eigenvalue weighted by atomic mass is 10.1. The van der Waals surface area contributed by atoms with Gasteiger partial charge in [0.05, 0.1) is 6.54 Å². The van der Waals surface area contributed by atoms with Crippen LogP contribution in [0.15, 0.2) is 39.9 Å². The highest BCUT2D eigenvalue weighted by atomic mass is 16.2. The number of fused-ring (bicyclic) bond motifs is 1. The van der Waals surface area contributed by atoms with E-state index in [9.17, 15) is 9.59 Å². The van der Waals surface area contributed by atoms with Crippen molar-refractivity contribution in [3.8, 4) is 0 Å². The summed E-state index contributed by atoms with van der Waals surface area (Å²) in [6, 6.07) is 10.0. The van der Waals surface area contributed by atoms with E-state index in [2.05, 4.69) is 4.90 Å². The van der Waals surface area contributed by atoms with Crippen molar-refractivity contribution >= 4 is 17.1 Å². The lowest BCUT2D eigenvalue weighted by molar-refractivity contribution is 0.495. The second-order valence-corrected chi connectivity index (χ2v) is 7.21. The van der Waals surface area contributed by atoms with Gasteiger partial charge in [0.1, 0.15) is 0 Å². The zero-order chi connectivity index (χ0) is 19.1. The summed E-state index contributed by atoms with van der Waals surface area (Å²) in [5.74, 6) is 0.697. The Morgan fingerprint density at radius 3 is 2.59 bits per heavy atom. The molecule has 3 heterocycles. The number of benzene rings is 1. The number of anilines is 1. The number of piperidine rings is 1. The first-order chi connectivity index (χ1) is 13.0. The predicted octanol–water partition coefficient (Wildman–Crippen LogP) is 0.410. The Labute approximate surface area is 156 Å². The average Bonchev–Trinajstić information content (AvgIpc) is 3.05. The summed E-state index contributed by atoms with van der Waals surface area (Å²) in [5.41, 5.74) is 7.38. The lowest BCUT2D eigenvalue weighted by Gasteiger charge is -2.31. The van der Waals surface area contributed by atoms with Crippen molar-refractivity contribution in [3.63, 3.8) is 0 Å². The molecule has 2 aromatic heterocycles. The molecule has 8 heteroatoms. The SMILES string of the molecule is Cn1c(=O)c2c(nc(N3CCCC(N)C3)n2Cc2ccccc2)n(C)c1=O. The van der Waals surface area contributed by atoms with Crippen LogP contribution in [0, 0.1) is 0 Å². The Hall–Kier alpha value is -2.87. The fourth-order valence-corrected chi connectivity index (χ4v) is 3.78. The van der Waals surface area contributed by atoms with Gasteiger partial charge in [-0.1, -0.05) is 30.3 Å². The fourth-order valence-electron chi connectivity index (χ4n) is 3.78. The minimum atomic E-state index is -0.376. The Balaban J connectivity index is 1.97. The van der Waals surface area contributed by atoms with Gasteiger partial charge >= 0.3 is 5.69 Å². The Morgan fingerprint density at radius 2 is 1.89 bits per heavy atom. The highest BCUT2D eigenvalue weighted by Gasteiger charge is 2.25. The van der Waals surface area contributed by atoms with Crippen molar-refractivity contribution in [1.29, 1.82) is 0 Å². The summed E-state index contributed by atoms with van der Waals surface area (Å²) < 4.78 is 4.49. The van der Waals surface area contributed by atoms with E-state index in [-0.39, 0.29) is 17.3 Å². The van der Waals surface area contributed by atoms with Crippen LogP contribution in [-0.2, 0) is 20.6 Å². The van der Waals surface area contributed by atoms with E-state index in [0.29, 0.717) is 30.2 Å². The first kappa shape index (κ1) is 17.5. The summed E-state index contributed by atoms with van der Waals surface area (Å²) in [5, 5.41) is 0. The summed E-state index contributed by atoms with van der Waals surface area (Å²) >= 11 is 0. The summed E-state index contributed by atoms with van der Waals surface area (Å²) in [6.07, 6.45) is 1.96. The van der Waals surface area contributed by atoms with Crippen molar-refractivity contribution in [1.82, 2.24) is 18.7 Å². The Kier molecular flexibility index (Phi) is 4.35. The van der Waals surface area contributed by atoms with Gasteiger partial charge in [0.25, 0.3) is 5.56 Å². The van der Waals surface area contributed by atoms with Crippen molar-refractivity contribution in [2.75, 3.05) is 18.0 Å².